The summed E-state index contributed by atoms with van der Waals surface area (Å²) in [5, 5.41) is 0.607. The molecule has 0 spiro atoms. The minimum Gasteiger partial charge on any atom is -0.324 e. The Kier molecular flexibility index (Phi) is 4.17. The van der Waals surface area contributed by atoms with Gasteiger partial charge in [-0.1, -0.05) is 35.3 Å². The van der Waals surface area contributed by atoms with Crippen LogP contribution in [-0.4, -0.2) is 4.98 Å². The van der Waals surface area contributed by atoms with Crippen LogP contribution in [0.25, 0.3) is 0 Å². The summed E-state index contributed by atoms with van der Waals surface area (Å²) in [6, 6.07) is 6.08. The summed E-state index contributed by atoms with van der Waals surface area (Å²) in [5.41, 5.74) is 7.49. The van der Waals surface area contributed by atoms with E-state index in [9.17, 15) is 4.39 Å². The topological polar surface area (TPSA) is 38.9 Å². The summed E-state index contributed by atoms with van der Waals surface area (Å²) in [7, 11) is 0. The highest BCUT2D eigenvalue weighted by Gasteiger charge is 2.14. The van der Waals surface area contributed by atoms with Crippen LogP contribution < -0.4 is 5.73 Å². The van der Waals surface area contributed by atoms with Gasteiger partial charge in [0.1, 0.15) is 5.82 Å². The highest BCUT2D eigenvalue weighted by Crippen LogP contribution is 2.27. The van der Waals surface area contributed by atoms with Crippen molar-refractivity contribution >= 4 is 23.2 Å². The summed E-state index contributed by atoms with van der Waals surface area (Å²) >= 11 is 11.9. The molecule has 1 atom stereocenters. The van der Waals surface area contributed by atoms with Crippen molar-refractivity contribution in [1.82, 2.24) is 4.98 Å². The fourth-order valence-electron chi connectivity index (χ4n) is 1.74. The molecule has 0 bridgehead atoms. The molecule has 0 radical (unpaired) electrons. The lowest BCUT2D eigenvalue weighted by atomic mass is 10.0. The number of halogens is 3. The Morgan fingerprint density at radius 3 is 2.78 bits per heavy atom. The SMILES string of the molecule is NC(Cc1cccc(F)c1Cl)c1ccncc1Cl. The van der Waals surface area contributed by atoms with Gasteiger partial charge in [0.2, 0.25) is 0 Å². The van der Waals surface area contributed by atoms with E-state index in [2.05, 4.69) is 4.98 Å². The number of pyridine rings is 1. The fraction of sp³-hybridized carbons (Fsp3) is 0.154. The number of hydrogen-bond donors (Lipinski definition) is 1. The summed E-state index contributed by atoms with van der Waals surface area (Å²) < 4.78 is 13.3. The molecule has 0 saturated carbocycles. The standard InChI is InChI=1S/C13H11Cl2FN2/c14-10-7-18-5-4-9(10)12(17)6-8-2-1-3-11(16)13(8)15/h1-5,7,12H,6,17H2. The van der Waals surface area contributed by atoms with Gasteiger partial charge in [-0.25, -0.2) is 4.39 Å². The number of aromatic nitrogens is 1. The van der Waals surface area contributed by atoms with Crippen molar-refractivity contribution in [3.8, 4) is 0 Å². The Morgan fingerprint density at radius 1 is 1.28 bits per heavy atom. The minimum absolute atomic E-state index is 0.109. The van der Waals surface area contributed by atoms with E-state index >= 15 is 0 Å². The van der Waals surface area contributed by atoms with Crippen LogP contribution in [0.2, 0.25) is 10.0 Å². The summed E-state index contributed by atoms with van der Waals surface area (Å²) in [6.07, 6.45) is 3.57. The van der Waals surface area contributed by atoms with Crippen LogP contribution in [0.15, 0.2) is 36.7 Å². The van der Waals surface area contributed by atoms with E-state index in [1.807, 2.05) is 0 Å². The zero-order valence-electron chi connectivity index (χ0n) is 9.41. The maximum absolute atomic E-state index is 13.3. The van der Waals surface area contributed by atoms with Gasteiger partial charge in [-0.15, -0.1) is 0 Å². The third-order valence-electron chi connectivity index (χ3n) is 2.67. The molecule has 2 N–H and O–H groups in total. The average Bonchev–Trinajstić information content (AvgIpc) is 2.35. The Bertz CT molecular complexity index is 560. The largest absolute Gasteiger partial charge is 0.324 e. The van der Waals surface area contributed by atoms with Gasteiger partial charge in [-0.05, 0) is 29.7 Å². The number of hydrogen-bond acceptors (Lipinski definition) is 2. The first-order valence-corrected chi connectivity index (χ1v) is 6.13. The average molecular weight is 285 g/mol. The molecule has 2 aromatic rings. The van der Waals surface area contributed by atoms with Crippen molar-refractivity contribution < 1.29 is 4.39 Å². The quantitative estimate of drug-likeness (QED) is 0.932. The van der Waals surface area contributed by atoms with Gasteiger partial charge in [0.15, 0.2) is 0 Å². The monoisotopic (exact) mass is 284 g/mol. The molecule has 1 heterocycles. The molecule has 0 fully saturated rings. The van der Waals surface area contributed by atoms with Crippen LogP contribution in [0.3, 0.4) is 0 Å². The first-order valence-electron chi connectivity index (χ1n) is 5.37. The molecular weight excluding hydrogens is 274 g/mol. The summed E-state index contributed by atoms with van der Waals surface area (Å²) in [6.45, 7) is 0. The van der Waals surface area contributed by atoms with E-state index in [1.165, 1.54) is 12.3 Å². The number of rotatable bonds is 3. The van der Waals surface area contributed by atoms with Crippen LogP contribution in [0.1, 0.15) is 17.2 Å². The predicted octanol–water partition coefficient (Wildman–Crippen LogP) is 3.77. The molecule has 0 amide bonds. The van der Waals surface area contributed by atoms with Crippen molar-refractivity contribution in [3.05, 3.63) is 63.6 Å². The van der Waals surface area contributed by atoms with Crippen molar-refractivity contribution in [3.63, 3.8) is 0 Å². The third kappa shape index (κ3) is 2.80. The maximum Gasteiger partial charge on any atom is 0.142 e. The lowest BCUT2D eigenvalue weighted by Crippen LogP contribution is -2.14. The zero-order valence-corrected chi connectivity index (χ0v) is 10.9. The van der Waals surface area contributed by atoms with Gasteiger partial charge in [0.05, 0.1) is 10.0 Å². The second-order valence-electron chi connectivity index (χ2n) is 3.92. The van der Waals surface area contributed by atoms with Gasteiger partial charge in [0, 0.05) is 18.4 Å². The van der Waals surface area contributed by atoms with Gasteiger partial charge >= 0.3 is 0 Å². The van der Waals surface area contributed by atoms with Gasteiger partial charge in [0.25, 0.3) is 0 Å². The molecule has 2 nitrogen and oxygen atoms in total. The van der Waals surface area contributed by atoms with E-state index in [0.717, 1.165) is 5.56 Å². The highest BCUT2D eigenvalue weighted by atomic mass is 35.5. The molecular formula is C13H11Cl2FN2. The van der Waals surface area contributed by atoms with Crippen molar-refractivity contribution in [2.45, 2.75) is 12.5 Å². The van der Waals surface area contributed by atoms with Crippen LogP contribution in [0.4, 0.5) is 4.39 Å². The smallest absolute Gasteiger partial charge is 0.142 e. The van der Waals surface area contributed by atoms with Crippen LogP contribution >= 0.6 is 23.2 Å². The number of nitrogens with two attached hydrogens (primary N) is 1. The fourth-order valence-corrected chi connectivity index (χ4v) is 2.20. The summed E-state index contributed by atoms with van der Waals surface area (Å²) in [4.78, 5) is 3.89. The normalized spacial score (nSPS) is 12.4. The Morgan fingerprint density at radius 2 is 2.06 bits per heavy atom. The Hall–Kier alpha value is -1.16. The number of nitrogens with zero attached hydrogens (tertiary/aromatic N) is 1. The molecule has 2 rings (SSSR count). The molecule has 18 heavy (non-hydrogen) atoms. The van der Waals surface area contributed by atoms with E-state index in [0.29, 0.717) is 17.0 Å². The van der Waals surface area contributed by atoms with Crippen LogP contribution in [0, 0.1) is 5.82 Å². The summed E-state index contributed by atoms with van der Waals surface area (Å²) in [5.74, 6) is -0.442. The Labute approximate surface area is 115 Å². The van der Waals surface area contributed by atoms with Gasteiger partial charge < -0.3 is 5.73 Å². The molecule has 1 unspecified atom stereocenters. The molecule has 1 aromatic heterocycles. The lowest BCUT2D eigenvalue weighted by Gasteiger charge is -2.14. The predicted molar refractivity (Wildman–Crippen MR) is 71.3 cm³/mol. The van der Waals surface area contributed by atoms with E-state index in [1.54, 1.807) is 24.4 Å². The molecule has 94 valence electrons. The minimum atomic E-state index is -0.442. The molecule has 0 aliphatic rings. The Balaban J connectivity index is 2.24. The first kappa shape index (κ1) is 13.3. The zero-order chi connectivity index (χ0) is 13.1. The van der Waals surface area contributed by atoms with E-state index in [-0.39, 0.29) is 11.1 Å². The van der Waals surface area contributed by atoms with Gasteiger partial charge in [-0.3, -0.25) is 4.98 Å². The number of benzene rings is 1. The molecule has 0 aliphatic carbocycles. The molecule has 0 saturated heterocycles. The van der Waals surface area contributed by atoms with Crippen LogP contribution in [-0.2, 0) is 6.42 Å². The maximum atomic E-state index is 13.3. The van der Waals surface area contributed by atoms with E-state index in [4.69, 9.17) is 28.9 Å². The van der Waals surface area contributed by atoms with Crippen molar-refractivity contribution in [2.24, 2.45) is 5.73 Å². The van der Waals surface area contributed by atoms with Crippen molar-refractivity contribution in [1.29, 1.82) is 0 Å². The van der Waals surface area contributed by atoms with Crippen molar-refractivity contribution in [2.75, 3.05) is 0 Å². The molecule has 5 heteroatoms. The lowest BCUT2D eigenvalue weighted by molar-refractivity contribution is 0.622. The highest BCUT2D eigenvalue weighted by molar-refractivity contribution is 6.31. The molecule has 1 aromatic carbocycles. The van der Waals surface area contributed by atoms with Crippen LogP contribution in [0.5, 0.6) is 0 Å². The first-order chi connectivity index (χ1) is 8.59. The van der Waals surface area contributed by atoms with Gasteiger partial charge in [-0.2, -0.15) is 0 Å². The second kappa shape index (κ2) is 5.65. The van der Waals surface area contributed by atoms with E-state index < -0.39 is 5.82 Å². The third-order valence-corrected chi connectivity index (χ3v) is 3.41. The molecule has 0 aliphatic heterocycles. The second-order valence-corrected chi connectivity index (χ2v) is 4.71.